The maximum absolute atomic E-state index is 13.2. The monoisotopic (exact) mass is 1130 g/mol. The highest BCUT2D eigenvalue weighted by molar-refractivity contribution is 5.74. The van der Waals surface area contributed by atoms with Crippen LogP contribution in [-0.4, -0.2) is 89.2 Å². The predicted octanol–water partition coefficient (Wildman–Crippen LogP) is 16.6. The number of carbonyl (C=O) groups is 4. The molecule has 12 nitrogen and oxygen atoms in total. The van der Waals surface area contributed by atoms with Gasteiger partial charge in [-0.05, 0) is 122 Å². The number of hydrogen-bond donors (Lipinski definition) is 3. The number of carbonyl (C=O) groups excluding carboxylic acids is 3. The van der Waals surface area contributed by atoms with Gasteiger partial charge in [0.2, 0.25) is 0 Å². The highest BCUT2D eigenvalue weighted by Crippen LogP contribution is 2.26. The number of rotatable bonds is 51. The number of aliphatic carboxylic acids is 1. The Balaban J connectivity index is 2.74. The molecule has 1 saturated heterocycles. The Hall–Kier alpha value is -5.14. The van der Waals surface area contributed by atoms with E-state index in [1.165, 1.54) is 51.4 Å². The van der Waals surface area contributed by atoms with Crippen LogP contribution in [0.2, 0.25) is 0 Å². The molecule has 1 rings (SSSR count). The van der Waals surface area contributed by atoms with Gasteiger partial charge in [0, 0.05) is 19.3 Å². The maximum atomic E-state index is 13.2. The van der Waals surface area contributed by atoms with Crippen molar-refractivity contribution in [2.45, 2.75) is 263 Å². The van der Waals surface area contributed by atoms with Crippen molar-refractivity contribution in [3.05, 3.63) is 134 Å². The summed E-state index contributed by atoms with van der Waals surface area (Å²) in [6, 6.07) is 0. The van der Waals surface area contributed by atoms with Crippen LogP contribution < -0.4 is 0 Å². The van der Waals surface area contributed by atoms with Crippen molar-refractivity contribution in [3.63, 3.8) is 0 Å². The molecule has 6 unspecified atom stereocenters. The molecule has 0 bridgehead atoms. The van der Waals surface area contributed by atoms with Crippen LogP contribution in [-0.2, 0) is 42.9 Å². The van der Waals surface area contributed by atoms with E-state index in [0.29, 0.717) is 19.3 Å². The van der Waals surface area contributed by atoms with E-state index in [9.17, 15) is 34.5 Å². The fourth-order valence-electron chi connectivity index (χ4n) is 8.50. The van der Waals surface area contributed by atoms with E-state index in [4.69, 9.17) is 23.7 Å². The second kappa shape index (κ2) is 55.4. The third-order valence-corrected chi connectivity index (χ3v) is 13.2. The third kappa shape index (κ3) is 45.1. The van der Waals surface area contributed by atoms with Gasteiger partial charge in [-0.15, -0.1) is 0 Å². The first-order chi connectivity index (χ1) is 39.6. The number of carboxylic acids is 1. The predicted molar refractivity (Wildman–Crippen MR) is 330 cm³/mol. The number of allylic oxidation sites excluding steroid dienone is 22. The Morgan fingerprint density at radius 2 is 0.802 bits per heavy atom. The summed E-state index contributed by atoms with van der Waals surface area (Å²) in [6.45, 7) is 5.65. The minimum atomic E-state index is -1.93. The van der Waals surface area contributed by atoms with Crippen molar-refractivity contribution in [2.75, 3.05) is 13.2 Å². The van der Waals surface area contributed by atoms with Crippen LogP contribution in [0.5, 0.6) is 0 Å². The molecule has 3 N–H and O–H groups in total. The van der Waals surface area contributed by atoms with Crippen LogP contribution in [0.4, 0.5) is 0 Å². The highest BCUT2D eigenvalue weighted by Gasteiger charge is 2.50. The van der Waals surface area contributed by atoms with E-state index in [-0.39, 0.29) is 25.9 Å². The zero-order valence-electron chi connectivity index (χ0n) is 50.2. The SMILES string of the molecule is CC/C=C\C/C=C\C/C=C\C/C=C\C/C=C\C/C=C\CCC(=O)OCC(COC1OC(C(=O)O)C(O)C(O)C1OC(=O)CCCCC/C=C\C/C=C\C/C=C\CC)OC(=O)CCCCCCCCCCC/C=C\C/C=C\CCCCC. The van der Waals surface area contributed by atoms with Gasteiger partial charge in [0.1, 0.15) is 18.8 Å². The van der Waals surface area contributed by atoms with Crippen LogP contribution in [0, 0.1) is 0 Å². The lowest BCUT2D eigenvalue weighted by atomic mass is 9.98. The molecule has 0 aromatic carbocycles. The van der Waals surface area contributed by atoms with Crippen molar-refractivity contribution in [3.8, 4) is 0 Å². The van der Waals surface area contributed by atoms with E-state index >= 15 is 0 Å². The Bertz CT molecular complexity index is 1920. The summed E-state index contributed by atoms with van der Waals surface area (Å²) in [5.74, 6) is -3.29. The number of aliphatic hydroxyl groups is 2. The Morgan fingerprint density at radius 3 is 1.25 bits per heavy atom. The number of carboxylic acid groups (broad SMARTS) is 1. The second-order valence-corrected chi connectivity index (χ2v) is 20.6. The maximum Gasteiger partial charge on any atom is 0.335 e. The molecule has 0 spiro atoms. The Kier molecular flexibility index (Phi) is 50.5. The van der Waals surface area contributed by atoms with Gasteiger partial charge in [-0.2, -0.15) is 0 Å². The molecule has 81 heavy (non-hydrogen) atoms. The second-order valence-electron chi connectivity index (χ2n) is 20.6. The fraction of sp³-hybridized carbons (Fsp3) is 0.623. The number of hydrogen-bond acceptors (Lipinski definition) is 11. The first-order valence-electron chi connectivity index (χ1n) is 31.2. The summed E-state index contributed by atoms with van der Waals surface area (Å²) >= 11 is 0. The van der Waals surface area contributed by atoms with E-state index in [2.05, 4.69) is 142 Å². The molecule has 0 aromatic heterocycles. The molecule has 0 radical (unpaired) electrons. The third-order valence-electron chi connectivity index (χ3n) is 13.2. The van der Waals surface area contributed by atoms with Crippen LogP contribution >= 0.6 is 0 Å². The lowest BCUT2D eigenvalue weighted by Gasteiger charge is -2.40. The fourth-order valence-corrected chi connectivity index (χ4v) is 8.50. The first kappa shape index (κ1) is 73.9. The molecule has 1 aliphatic rings. The molecule has 6 atom stereocenters. The topological polar surface area (TPSA) is 175 Å². The van der Waals surface area contributed by atoms with Gasteiger partial charge in [-0.25, -0.2) is 4.79 Å². The lowest BCUT2D eigenvalue weighted by Crippen LogP contribution is -2.61. The summed E-state index contributed by atoms with van der Waals surface area (Å²) in [5.41, 5.74) is 0. The van der Waals surface area contributed by atoms with Gasteiger partial charge in [0.15, 0.2) is 24.6 Å². The lowest BCUT2D eigenvalue weighted by molar-refractivity contribution is -0.301. The zero-order valence-corrected chi connectivity index (χ0v) is 50.2. The summed E-state index contributed by atoms with van der Waals surface area (Å²) < 4.78 is 28.4. The number of aliphatic hydroxyl groups excluding tert-OH is 2. The van der Waals surface area contributed by atoms with Crippen LogP contribution in [0.25, 0.3) is 0 Å². The van der Waals surface area contributed by atoms with Crippen molar-refractivity contribution < 1.29 is 58.2 Å². The van der Waals surface area contributed by atoms with Crippen LogP contribution in [0.15, 0.2) is 134 Å². The van der Waals surface area contributed by atoms with Crippen molar-refractivity contribution in [2.24, 2.45) is 0 Å². The molecule has 0 aliphatic carbocycles. The minimum absolute atomic E-state index is 0.0107. The van der Waals surface area contributed by atoms with Crippen molar-refractivity contribution in [1.29, 1.82) is 0 Å². The minimum Gasteiger partial charge on any atom is -0.479 e. The molecule has 12 heteroatoms. The Labute approximate surface area is 490 Å². The summed E-state index contributed by atoms with van der Waals surface area (Å²) in [6.07, 6.45) is 65.7. The largest absolute Gasteiger partial charge is 0.479 e. The van der Waals surface area contributed by atoms with Crippen molar-refractivity contribution >= 4 is 23.9 Å². The van der Waals surface area contributed by atoms with Gasteiger partial charge < -0.3 is 39.0 Å². The molecule has 1 heterocycles. The van der Waals surface area contributed by atoms with Gasteiger partial charge >= 0.3 is 23.9 Å². The van der Waals surface area contributed by atoms with Crippen LogP contribution in [0.3, 0.4) is 0 Å². The van der Waals surface area contributed by atoms with Crippen LogP contribution in [0.1, 0.15) is 226 Å². The molecule has 0 aromatic rings. The van der Waals surface area contributed by atoms with Gasteiger partial charge in [0.25, 0.3) is 0 Å². The number of unbranched alkanes of at least 4 members (excludes halogenated alkanes) is 15. The number of ether oxygens (including phenoxy) is 5. The smallest absolute Gasteiger partial charge is 0.335 e. The molecule has 0 amide bonds. The normalized spacial score (nSPS) is 18.7. The molecule has 1 fully saturated rings. The Morgan fingerprint density at radius 1 is 0.420 bits per heavy atom. The summed E-state index contributed by atoms with van der Waals surface area (Å²) in [4.78, 5) is 51.2. The van der Waals surface area contributed by atoms with Crippen molar-refractivity contribution in [1.82, 2.24) is 0 Å². The first-order valence-corrected chi connectivity index (χ1v) is 31.2. The molecule has 456 valence electrons. The molecule has 1 aliphatic heterocycles. The molecule has 0 saturated carbocycles. The number of esters is 3. The highest BCUT2D eigenvalue weighted by atomic mass is 16.7. The average Bonchev–Trinajstić information content (AvgIpc) is 3.46. The molecular formula is C69H108O12. The van der Waals surface area contributed by atoms with E-state index < -0.39 is 67.3 Å². The van der Waals surface area contributed by atoms with Gasteiger partial charge in [0.05, 0.1) is 6.61 Å². The summed E-state index contributed by atoms with van der Waals surface area (Å²) in [7, 11) is 0. The van der Waals surface area contributed by atoms with E-state index in [1.807, 2.05) is 12.2 Å². The summed E-state index contributed by atoms with van der Waals surface area (Å²) in [5, 5.41) is 31.5. The quantitative estimate of drug-likeness (QED) is 0.0228. The van der Waals surface area contributed by atoms with Gasteiger partial charge in [-0.1, -0.05) is 219 Å². The standard InChI is InChI=1S/C69H108O12/c1-4-7-10-13-16-19-22-25-27-29-31-33-35-38-40-43-46-49-52-55-61(70)77-58-60(79-62(71)56-53-50-47-44-42-39-36-34-32-30-28-26-23-20-17-14-11-8-5-2)59-78-69-67(65(74)64(73)66(81-69)68(75)76)80-63(72)57-54-51-48-45-41-37-24-21-18-15-12-9-6-3/h7,9-10,12,16-21,25-28,31,33,37-38,40-41,46,49,60,64-67,69,73-74H,4-6,8,11,13-15,22-24,29-30,32,34-36,39,42-45,47-48,50-59H2,1-3H3,(H,75,76)/b10-7-,12-9-,19-16-,20-17-,21-18-,27-25-,28-26-,33-31-,40-38-,41-37-,49-46-. The zero-order chi connectivity index (χ0) is 58.9. The molecular weight excluding hydrogens is 1020 g/mol. The van der Waals surface area contributed by atoms with E-state index in [1.54, 1.807) is 0 Å². The average molecular weight is 1130 g/mol. The van der Waals surface area contributed by atoms with E-state index in [0.717, 1.165) is 116 Å². The van der Waals surface area contributed by atoms with Gasteiger partial charge in [-0.3, -0.25) is 14.4 Å².